The van der Waals surface area contributed by atoms with Gasteiger partial charge in [0.2, 0.25) is 0 Å². The monoisotopic (exact) mass is 353 g/mol. The van der Waals surface area contributed by atoms with Crippen LogP contribution in [0.2, 0.25) is 0 Å². The van der Waals surface area contributed by atoms with Crippen LogP contribution in [-0.4, -0.2) is 83.8 Å². The minimum atomic E-state index is -4.54. The standard InChI is InChI=1S/C10H16N3O9P/c1-21-10(17)4-2-13(12-11-4)9-7(16)6(15)8(22-9)5(14)3-23(18,19)20/h2,5-9,14-16H,3H2,1H3,(H2,18,19,20)/t5-,6+,7-,8-,9-/m1/s1. The van der Waals surface area contributed by atoms with E-state index in [0.29, 0.717) is 0 Å². The lowest BCUT2D eigenvalue weighted by molar-refractivity contribution is -0.0833. The van der Waals surface area contributed by atoms with Gasteiger partial charge in [0.15, 0.2) is 11.9 Å². The van der Waals surface area contributed by atoms with Gasteiger partial charge in [-0.3, -0.25) is 4.57 Å². The molecule has 2 heterocycles. The van der Waals surface area contributed by atoms with Crippen LogP contribution < -0.4 is 0 Å². The second-order valence-electron chi connectivity index (χ2n) is 4.96. The second-order valence-corrected chi connectivity index (χ2v) is 6.66. The van der Waals surface area contributed by atoms with Crippen LogP contribution in [0.25, 0.3) is 0 Å². The van der Waals surface area contributed by atoms with E-state index in [9.17, 15) is 24.7 Å². The largest absolute Gasteiger partial charge is 0.464 e. The Labute approximate surface area is 129 Å². The van der Waals surface area contributed by atoms with Crippen LogP contribution in [0.3, 0.4) is 0 Å². The van der Waals surface area contributed by atoms with Crippen molar-refractivity contribution in [3.8, 4) is 0 Å². The predicted octanol–water partition coefficient (Wildman–Crippen LogP) is -2.78. The fraction of sp³-hybridized carbons (Fsp3) is 0.700. The van der Waals surface area contributed by atoms with Gasteiger partial charge in [-0.15, -0.1) is 5.10 Å². The van der Waals surface area contributed by atoms with Gasteiger partial charge in [-0.1, -0.05) is 5.21 Å². The Hall–Kier alpha value is -1.40. The quantitative estimate of drug-likeness (QED) is 0.272. The number of aromatic nitrogens is 3. The first-order valence-electron chi connectivity index (χ1n) is 6.38. The topological polar surface area (TPSA) is 184 Å². The Morgan fingerprint density at radius 3 is 2.70 bits per heavy atom. The number of esters is 1. The fourth-order valence-corrected chi connectivity index (χ4v) is 2.86. The molecule has 0 bridgehead atoms. The van der Waals surface area contributed by atoms with E-state index >= 15 is 0 Å². The Morgan fingerprint density at radius 1 is 1.48 bits per heavy atom. The van der Waals surface area contributed by atoms with Crippen molar-refractivity contribution in [2.24, 2.45) is 0 Å². The smallest absolute Gasteiger partial charge is 0.360 e. The minimum absolute atomic E-state index is 0.169. The Bertz CT molecular complexity index is 616. The van der Waals surface area contributed by atoms with Crippen LogP contribution in [0, 0.1) is 0 Å². The lowest BCUT2D eigenvalue weighted by atomic mass is 10.1. The van der Waals surface area contributed by atoms with Crippen molar-refractivity contribution in [3.05, 3.63) is 11.9 Å². The molecule has 0 aromatic carbocycles. The molecule has 1 saturated heterocycles. The van der Waals surface area contributed by atoms with E-state index in [-0.39, 0.29) is 5.69 Å². The summed E-state index contributed by atoms with van der Waals surface area (Å²) < 4.78 is 21.5. The van der Waals surface area contributed by atoms with Gasteiger partial charge in [-0.05, 0) is 0 Å². The number of nitrogens with zero attached hydrogens (tertiary/aromatic N) is 3. The molecule has 0 amide bonds. The average molecular weight is 353 g/mol. The Morgan fingerprint density at radius 2 is 2.13 bits per heavy atom. The number of aliphatic hydroxyl groups is 3. The summed E-state index contributed by atoms with van der Waals surface area (Å²) in [6, 6.07) is 0. The third kappa shape index (κ3) is 3.93. The lowest BCUT2D eigenvalue weighted by Gasteiger charge is -2.21. The maximum Gasteiger partial charge on any atom is 0.360 e. The number of hydrogen-bond acceptors (Lipinski definition) is 9. The zero-order valence-corrected chi connectivity index (χ0v) is 12.7. The molecule has 2 rings (SSSR count). The minimum Gasteiger partial charge on any atom is -0.464 e. The summed E-state index contributed by atoms with van der Waals surface area (Å²) in [5.74, 6) is -0.776. The summed E-state index contributed by atoms with van der Waals surface area (Å²) in [4.78, 5) is 29.0. The molecule has 0 spiro atoms. The van der Waals surface area contributed by atoms with Gasteiger partial charge in [0.1, 0.15) is 18.3 Å². The van der Waals surface area contributed by atoms with Crippen molar-refractivity contribution in [1.82, 2.24) is 15.0 Å². The fourth-order valence-electron chi connectivity index (χ4n) is 2.17. The zero-order valence-electron chi connectivity index (χ0n) is 11.8. The van der Waals surface area contributed by atoms with Crippen LogP contribution in [0.1, 0.15) is 16.7 Å². The number of hydrogen-bond donors (Lipinski definition) is 5. The molecule has 130 valence electrons. The molecule has 0 unspecified atom stereocenters. The molecule has 1 aliphatic heterocycles. The number of carbonyl (C=O) groups excluding carboxylic acids is 1. The van der Waals surface area contributed by atoms with Crippen molar-refractivity contribution in [2.75, 3.05) is 13.3 Å². The maximum absolute atomic E-state index is 11.3. The molecule has 1 aliphatic rings. The summed E-state index contributed by atoms with van der Waals surface area (Å²) in [5, 5.41) is 36.6. The number of rotatable bonds is 5. The van der Waals surface area contributed by atoms with E-state index in [4.69, 9.17) is 14.5 Å². The first kappa shape index (κ1) is 17.9. The third-order valence-electron chi connectivity index (χ3n) is 3.24. The van der Waals surface area contributed by atoms with Gasteiger partial charge in [0, 0.05) is 0 Å². The van der Waals surface area contributed by atoms with Crippen LogP contribution in [-0.2, 0) is 14.0 Å². The molecular formula is C10H16N3O9P. The van der Waals surface area contributed by atoms with Crippen LogP contribution in [0.4, 0.5) is 0 Å². The molecule has 1 aromatic heterocycles. The SMILES string of the molecule is COC(=O)c1cn([C@@H]2O[C@H]([C@H](O)CP(=O)(O)O)[C@@H](O)[C@H]2O)nn1. The highest BCUT2D eigenvalue weighted by Crippen LogP contribution is 2.39. The normalized spacial score (nSPS) is 29.5. The molecule has 1 aromatic rings. The Kier molecular flexibility index (Phi) is 5.16. The predicted molar refractivity (Wildman–Crippen MR) is 70.2 cm³/mol. The van der Waals surface area contributed by atoms with Gasteiger partial charge in [0.05, 0.1) is 25.6 Å². The van der Waals surface area contributed by atoms with Crippen molar-refractivity contribution in [3.63, 3.8) is 0 Å². The summed E-state index contributed by atoms with van der Waals surface area (Å²) in [5.41, 5.74) is -0.169. The number of ether oxygens (including phenoxy) is 2. The molecule has 0 aliphatic carbocycles. The molecule has 1 fully saturated rings. The molecule has 0 saturated carbocycles. The second kappa shape index (κ2) is 6.61. The van der Waals surface area contributed by atoms with Gasteiger partial charge in [-0.2, -0.15) is 0 Å². The van der Waals surface area contributed by atoms with Crippen molar-refractivity contribution < 1.29 is 43.9 Å². The molecule has 5 N–H and O–H groups in total. The number of aliphatic hydroxyl groups excluding tert-OH is 3. The summed E-state index contributed by atoms with van der Waals surface area (Å²) in [6.07, 6.45) is -7.48. The molecule has 0 radical (unpaired) electrons. The summed E-state index contributed by atoms with van der Waals surface area (Å²) in [6.45, 7) is 0. The van der Waals surface area contributed by atoms with Crippen molar-refractivity contribution in [2.45, 2.75) is 30.6 Å². The van der Waals surface area contributed by atoms with Gasteiger partial charge >= 0.3 is 13.6 Å². The first-order chi connectivity index (χ1) is 10.6. The highest BCUT2D eigenvalue weighted by atomic mass is 31.2. The van der Waals surface area contributed by atoms with E-state index in [2.05, 4.69) is 15.0 Å². The van der Waals surface area contributed by atoms with E-state index in [1.165, 1.54) is 0 Å². The maximum atomic E-state index is 11.3. The molecule has 13 heteroatoms. The Balaban J connectivity index is 2.14. The third-order valence-corrected chi connectivity index (χ3v) is 4.09. The van der Waals surface area contributed by atoms with E-state index in [1.807, 2.05) is 0 Å². The van der Waals surface area contributed by atoms with Crippen molar-refractivity contribution >= 4 is 13.6 Å². The summed E-state index contributed by atoms with van der Waals surface area (Å²) in [7, 11) is -3.40. The molecular weight excluding hydrogens is 337 g/mol. The zero-order chi connectivity index (χ0) is 17.4. The van der Waals surface area contributed by atoms with E-state index in [0.717, 1.165) is 18.0 Å². The van der Waals surface area contributed by atoms with Crippen LogP contribution in [0.5, 0.6) is 0 Å². The van der Waals surface area contributed by atoms with Gasteiger partial charge in [-0.25, -0.2) is 9.48 Å². The molecule has 5 atom stereocenters. The highest BCUT2D eigenvalue weighted by Gasteiger charge is 2.48. The number of methoxy groups -OCH3 is 1. The first-order valence-corrected chi connectivity index (χ1v) is 8.18. The van der Waals surface area contributed by atoms with Gasteiger partial charge < -0.3 is 34.6 Å². The van der Waals surface area contributed by atoms with Crippen LogP contribution >= 0.6 is 7.60 Å². The van der Waals surface area contributed by atoms with E-state index < -0.39 is 50.4 Å². The molecule has 23 heavy (non-hydrogen) atoms. The highest BCUT2D eigenvalue weighted by molar-refractivity contribution is 7.51. The summed E-state index contributed by atoms with van der Waals surface area (Å²) >= 11 is 0. The number of carbonyl (C=O) groups is 1. The lowest BCUT2D eigenvalue weighted by Crippen LogP contribution is -2.40. The molecule has 12 nitrogen and oxygen atoms in total. The van der Waals surface area contributed by atoms with E-state index in [1.54, 1.807) is 0 Å². The van der Waals surface area contributed by atoms with Crippen molar-refractivity contribution in [1.29, 1.82) is 0 Å². The average Bonchev–Trinajstić information content (AvgIpc) is 3.03. The van der Waals surface area contributed by atoms with Gasteiger partial charge in [0.25, 0.3) is 0 Å². The van der Waals surface area contributed by atoms with Crippen LogP contribution in [0.15, 0.2) is 6.20 Å².